The number of nitrogens with one attached hydrogen (secondary N) is 1. The second-order valence-corrected chi connectivity index (χ2v) is 7.48. The number of benzene rings is 1. The van der Waals surface area contributed by atoms with Crippen LogP contribution in [0.3, 0.4) is 0 Å². The molecule has 0 fully saturated rings. The van der Waals surface area contributed by atoms with Crippen LogP contribution in [0.4, 0.5) is 5.82 Å². The van der Waals surface area contributed by atoms with Crippen LogP contribution < -0.4 is 5.32 Å². The molecule has 1 aromatic carbocycles. The van der Waals surface area contributed by atoms with Gasteiger partial charge in [0.05, 0.1) is 17.1 Å². The Morgan fingerprint density at radius 3 is 3.00 bits per heavy atom. The second-order valence-electron chi connectivity index (χ2n) is 5.30. The molecule has 1 N–H and O–H groups in total. The van der Waals surface area contributed by atoms with E-state index in [1.54, 1.807) is 23.4 Å². The molecule has 3 aromatic rings. The van der Waals surface area contributed by atoms with Crippen molar-refractivity contribution in [3.8, 4) is 5.69 Å². The number of nitrogens with zero attached hydrogens (tertiary/aromatic N) is 4. The summed E-state index contributed by atoms with van der Waals surface area (Å²) < 4.78 is 5.57. The van der Waals surface area contributed by atoms with Gasteiger partial charge in [0.2, 0.25) is 0 Å². The topological polar surface area (TPSA) is 72.7 Å². The lowest BCUT2D eigenvalue weighted by atomic mass is 10.2. The average Bonchev–Trinajstić information content (AvgIpc) is 3.24. The van der Waals surface area contributed by atoms with Crippen molar-refractivity contribution in [2.75, 3.05) is 5.32 Å². The maximum Gasteiger partial charge on any atom is 0.270 e. The predicted molar refractivity (Wildman–Crippen MR) is 96.2 cm³/mol. The minimum atomic E-state index is -0.217. The normalized spacial score (nSPS) is 13.1. The molecule has 4 rings (SSSR count). The molecule has 0 saturated heterocycles. The largest absolute Gasteiger partial charge is 0.305 e. The third kappa shape index (κ3) is 2.70. The van der Waals surface area contributed by atoms with Crippen LogP contribution in [-0.4, -0.2) is 25.3 Å². The summed E-state index contributed by atoms with van der Waals surface area (Å²) in [6.07, 6.45) is 0. The molecule has 0 bridgehead atoms. The molecular weight excluding hydrogens is 366 g/mol. The molecule has 0 aliphatic carbocycles. The van der Waals surface area contributed by atoms with Crippen LogP contribution in [0, 0.1) is 6.92 Å². The molecule has 0 saturated carbocycles. The number of fused-ring (bicyclic) bond motifs is 1. The van der Waals surface area contributed by atoms with E-state index < -0.39 is 0 Å². The van der Waals surface area contributed by atoms with Crippen molar-refractivity contribution < 1.29 is 4.79 Å². The number of anilines is 1. The first-order valence-corrected chi connectivity index (χ1v) is 9.49. The fourth-order valence-corrected chi connectivity index (χ4v) is 4.31. The number of hydrogen-bond donors (Lipinski definition) is 1. The molecule has 1 amide bonds. The lowest BCUT2D eigenvalue weighted by Gasteiger charge is -2.10. The van der Waals surface area contributed by atoms with Gasteiger partial charge in [0, 0.05) is 22.1 Å². The second kappa shape index (κ2) is 6.19. The van der Waals surface area contributed by atoms with E-state index in [1.807, 2.05) is 24.3 Å². The van der Waals surface area contributed by atoms with Gasteiger partial charge in [-0.25, -0.2) is 4.68 Å². The predicted octanol–water partition coefficient (Wildman–Crippen LogP) is 3.68. The third-order valence-electron chi connectivity index (χ3n) is 3.69. The van der Waals surface area contributed by atoms with Crippen molar-refractivity contribution in [3.63, 3.8) is 0 Å². The first-order valence-electron chi connectivity index (χ1n) is 7.18. The Morgan fingerprint density at radius 1 is 1.38 bits per heavy atom. The van der Waals surface area contributed by atoms with E-state index in [4.69, 9.17) is 11.6 Å². The smallest absolute Gasteiger partial charge is 0.270 e. The van der Waals surface area contributed by atoms with Gasteiger partial charge >= 0.3 is 0 Å². The maximum atomic E-state index is 12.6. The van der Waals surface area contributed by atoms with Crippen LogP contribution in [0.25, 0.3) is 5.69 Å². The van der Waals surface area contributed by atoms with Crippen molar-refractivity contribution in [1.29, 1.82) is 0 Å². The molecule has 24 heavy (non-hydrogen) atoms. The Bertz CT molecular complexity index is 936. The molecule has 122 valence electrons. The SMILES string of the molecule is Cc1nnsc1C(=O)Nc1c2c(nn1-c1cccc(Cl)c1)CSC2. The summed E-state index contributed by atoms with van der Waals surface area (Å²) in [5.74, 6) is 2.14. The van der Waals surface area contributed by atoms with Gasteiger partial charge in [0.1, 0.15) is 10.7 Å². The van der Waals surface area contributed by atoms with E-state index in [0.29, 0.717) is 21.4 Å². The Kier molecular flexibility index (Phi) is 4.03. The molecule has 9 heteroatoms. The van der Waals surface area contributed by atoms with Gasteiger partial charge < -0.3 is 5.32 Å². The lowest BCUT2D eigenvalue weighted by molar-refractivity contribution is 0.102. The number of rotatable bonds is 3. The fraction of sp³-hybridized carbons (Fsp3) is 0.200. The standard InChI is InChI=1S/C15H12ClN5OS2/c1-8-13(24-20-18-8)15(22)17-14-11-6-23-7-12(11)19-21(14)10-4-2-3-9(16)5-10/h2-5H,6-7H2,1H3,(H,17,22). The van der Waals surface area contributed by atoms with Crippen LogP contribution in [0.1, 0.15) is 26.6 Å². The van der Waals surface area contributed by atoms with E-state index in [1.165, 1.54) is 0 Å². The Hall–Kier alpha value is -1.90. The molecule has 1 aliphatic rings. The van der Waals surface area contributed by atoms with Crippen LogP contribution in [0.15, 0.2) is 24.3 Å². The molecule has 2 aromatic heterocycles. The monoisotopic (exact) mass is 377 g/mol. The van der Waals surface area contributed by atoms with Crippen LogP contribution in [0.2, 0.25) is 5.02 Å². The molecule has 0 spiro atoms. The van der Waals surface area contributed by atoms with Gasteiger partial charge in [-0.05, 0) is 36.7 Å². The van der Waals surface area contributed by atoms with E-state index in [2.05, 4.69) is 20.0 Å². The zero-order valence-corrected chi connectivity index (χ0v) is 15.0. The van der Waals surface area contributed by atoms with Gasteiger partial charge in [-0.2, -0.15) is 16.9 Å². The first kappa shape index (κ1) is 15.6. The molecular formula is C15H12ClN5OS2. The minimum absolute atomic E-state index is 0.217. The number of aromatic nitrogens is 4. The summed E-state index contributed by atoms with van der Waals surface area (Å²) in [5.41, 5.74) is 3.49. The van der Waals surface area contributed by atoms with Crippen molar-refractivity contribution in [1.82, 2.24) is 19.4 Å². The summed E-state index contributed by atoms with van der Waals surface area (Å²) in [6, 6.07) is 7.41. The van der Waals surface area contributed by atoms with Gasteiger partial charge in [0.15, 0.2) is 0 Å². The number of hydrogen-bond acceptors (Lipinski definition) is 6. The van der Waals surface area contributed by atoms with Gasteiger partial charge in [0.25, 0.3) is 5.91 Å². The van der Waals surface area contributed by atoms with Gasteiger partial charge in [-0.15, -0.1) is 5.10 Å². The first-order chi connectivity index (χ1) is 11.6. The number of carbonyl (C=O) groups excluding carboxylic acids is 1. The average molecular weight is 378 g/mol. The Balaban J connectivity index is 1.77. The number of halogens is 1. The summed E-state index contributed by atoms with van der Waals surface area (Å²) in [5, 5.41) is 12.2. The highest BCUT2D eigenvalue weighted by atomic mass is 35.5. The van der Waals surface area contributed by atoms with Crippen molar-refractivity contribution in [2.45, 2.75) is 18.4 Å². The Morgan fingerprint density at radius 2 is 2.25 bits per heavy atom. The number of aryl methyl sites for hydroxylation is 1. The zero-order valence-electron chi connectivity index (χ0n) is 12.6. The van der Waals surface area contributed by atoms with E-state index >= 15 is 0 Å². The maximum absolute atomic E-state index is 12.6. The number of carbonyl (C=O) groups is 1. The van der Waals surface area contributed by atoms with Gasteiger partial charge in [-0.1, -0.05) is 22.2 Å². The summed E-state index contributed by atoms with van der Waals surface area (Å²) in [6.45, 7) is 1.77. The minimum Gasteiger partial charge on any atom is -0.305 e. The van der Waals surface area contributed by atoms with Crippen LogP contribution in [-0.2, 0) is 11.5 Å². The van der Waals surface area contributed by atoms with Crippen LogP contribution >= 0.6 is 34.9 Å². The van der Waals surface area contributed by atoms with Crippen molar-refractivity contribution in [3.05, 3.63) is 51.1 Å². The Labute approximate surface area is 151 Å². The van der Waals surface area contributed by atoms with E-state index in [9.17, 15) is 4.79 Å². The molecule has 1 aliphatic heterocycles. The summed E-state index contributed by atoms with van der Waals surface area (Å²) in [7, 11) is 0. The highest BCUT2D eigenvalue weighted by Crippen LogP contribution is 2.36. The quantitative estimate of drug-likeness (QED) is 0.753. The van der Waals surface area contributed by atoms with E-state index in [-0.39, 0.29) is 5.91 Å². The lowest BCUT2D eigenvalue weighted by Crippen LogP contribution is -2.16. The molecule has 3 heterocycles. The van der Waals surface area contributed by atoms with E-state index in [0.717, 1.165) is 40.0 Å². The highest BCUT2D eigenvalue weighted by molar-refractivity contribution is 7.98. The van der Waals surface area contributed by atoms with Crippen molar-refractivity contribution >= 4 is 46.6 Å². The molecule has 0 unspecified atom stereocenters. The highest BCUT2D eigenvalue weighted by Gasteiger charge is 2.26. The molecule has 0 radical (unpaired) electrons. The molecule has 0 atom stereocenters. The van der Waals surface area contributed by atoms with Gasteiger partial charge in [-0.3, -0.25) is 4.79 Å². The molecule has 6 nitrogen and oxygen atoms in total. The third-order valence-corrected chi connectivity index (χ3v) is 5.73. The van der Waals surface area contributed by atoms with Crippen LogP contribution in [0.5, 0.6) is 0 Å². The summed E-state index contributed by atoms with van der Waals surface area (Å²) >= 11 is 8.97. The fourth-order valence-electron chi connectivity index (χ4n) is 2.54. The zero-order chi connectivity index (χ0) is 16.7. The number of amides is 1. The number of thioether (sulfide) groups is 1. The van der Waals surface area contributed by atoms with Crippen molar-refractivity contribution in [2.24, 2.45) is 0 Å². The summed E-state index contributed by atoms with van der Waals surface area (Å²) in [4.78, 5) is 13.1.